The normalized spacial score (nSPS) is 18.1. The van der Waals surface area contributed by atoms with E-state index >= 15 is 0 Å². The van der Waals surface area contributed by atoms with Crippen LogP contribution in [0.1, 0.15) is 6.92 Å². The average molecular weight is 280 g/mol. The van der Waals surface area contributed by atoms with Gasteiger partial charge in [0.15, 0.2) is 0 Å². The molecule has 0 heterocycles. The molecule has 0 aliphatic rings. The summed E-state index contributed by atoms with van der Waals surface area (Å²) in [5.41, 5.74) is 5.51. The number of hydrogen-bond donors (Lipinski definition) is 2. The predicted molar refractivity (Wildman–Crippen MR) is 67.2 cm³/mol. The number of aldehydes is 1. The Labute approximate surface area is 110 Å². The van der Waals surface area contributed by atoms with Crippen LogP contribution in [0.25, 0.3) is 0 Å². The lowest BCUT2D eigenvalue weighted by Crippen LogP contribution is -2.37. The number of allylic oxidation sites excluding steroid dienone is 5. The Bertz CT molecular complexity index is 369. The summed E-state index contributed by atoms with van der Waals surface area (Å²) >= 11 is 5.25. The topological polar surface area (TPSA) is 63.3 Å². The summed E-state index contributed by atoms with van der Waals surface area (Å²) in [7, 11) is 0. The van der Waals surface area contributed by atoms with Crippen LogP contribution in [0.5, 0.6) is 0 Å². The van der Waals surface area contributed by atoms with Gasteiger partial charge in [0.1, 0.15) is 17.9 Å². The Morgan fingerprint density at radius 3 is 2.44 bits per heavy atom. The first kappa shape index (κ1) is 17.0. The van der Waals surface area contributed by atoms with Gasteiger partial charge >= 0.3 is 0 Å². The molecule has 0 aromatic rings. The summed E-state index contributed by atoms with van der Waals surface area (Å²) in [5, 5.41) is 8.48. The van der Waals surface area contributed by atoms with Crippen molar-refractivity contribution in [2.24, 2.45) is 17.6 Å². The second kappa shape index (κ2) is 8.13. The summed E-state index contributed by atoms with van der Waals surface area (Å²) in [5.74, 6) is -3.50. The van der Waals surface area contributed by atoms with Gasteiger partial charge in [-0.1, -0.05) is 25.1 Å². The number of nitrogens with two attached hydrogens (primary N) is 1. The number of carbonyl (C=O) groups is 1. The highest BCUT2D eigenvalue weighted by molar-refractivity contribution is 6.31. The lowest BCUT2D eigenvalue weighted by Gasteiger charge is -2.22. The molecule has 0 amide bonds. The van der Waals surface area contributed by atoms with Crippen LogP contribution in [0.3, 0.4) is 0 Å². The maximum Gasteiger partial charge on any atom is 0.141 e. The minimum Gasteiger partial charge on any atom is -0.395 e. The van der Waals surface area contributed by atoms with Crippen molar-refractivity contribution < 1.29 is 18.7 Å². The van der Waals surface area contributed by atoms with Crippen molar-refractivity contribution in [3.63, 3.8) is 0 Å². The standard InChI is InChI=1S/C12H16ClF2NO2/c1-7(12(16)6-18)9(5-17)11(15)4-3-10(14)8(2)13/h3-5,7,9,12,18H,2,6,16H2,1H3/b10-3+,11-4-/t7?,9?,12-/m0/s1. The summed E-state index contributed by atoms with van der Waals surface area (Å²) in [6.45, 7) is 4.27. The van der Waals surface area contributed by atoms with E-state index in [9.17, 15) is 13.6 Å². The first-order valence-electron chi connectivity index (χ1n) is 5.24. The molecule has 0 fully saturated rings. The third-order valence-corrected chi connectivity index (χ3v) is 2.75. The van der Waals surface area contributed by atoms with Gasteiger partial charge in [-0.15, -0.1) is 0 Å². The van der Waals surface area contributed by atoms with Crippen LogP contribution in [-0.2, 0) is 4.79 Å². The molecule has 0 saturated heterocycles. The zero-order valence-corrected chi connectivity index (χ0v) is 10.7. The number of hydrogen-bond acceptors (Lipinski definition) is 3. The highest BCUT2D eigenvalue weighted by atomic mass is 35.5. The van der Waals surface area contributed by atoms with Gasteiger partial charge in [-0.25, -0.2) is 8.78 Å². The van der Waals surface area contributed by atoms with Crippen LogP contribution < -0.4 is 5.73 Å². The van der Waals surface area contributed by atoms with E-state index in [0.717, 1.165) is 12.2 Å². The van der Waals surface area contributed by atoms with Crippen LogP contribution >= 0.6 is 11.6 Å². The van der Waals surface area contributed by atoms with Crippen molar-refractivity contribution in [2.45, 2.75) is 13.0 Å². The molecular weight excluding hydrogens is 264 g/mol. The van der Waals surface area contributed by atoms with Crippen molar-refractivity contribution in [1.82, 2.24) is 0 Å². The summed E-state index contributed by atoms with van der Waals surface area (Å²) in [6.07, 6.45) is 1.94. The number of aliphatic hydroxyl groups is 1. The van der Waals surface area contributed by atoms with Crippen LogP contribution in [0, 0.1) is 11.8 Å². The Hall–Kier alpha value is -1.04. The van der Waals surface area contributed by atoms with Crippen LogP contribution in [0.2, 0.25) is 0 Å². The average Bonchev–Trinajstić information content (AvgIpc) is 2.35. The monoisotopic (exact) mass is 279 g/mol. The second-order valence-corrected chi connectivity index (χ2v) is 4.29. The Kier molecular flexibility index (Phi) is 7.66. The molecule has 0 aromatic carbocycles. The fraction of sp³-hybridized carbons (Fsp3) is 0.417. The molecule has 0 spiro atoms. The lowest BCUT2D eigenvalue weighted by molar-refractivity contribution is -0.112. The highest BCUT2D eigenvalue weighted by Crippen LogP contribution is 2.23. The third kappa shape index (κ3) is 5.08. The molecule has 18 heavy (non-hydrogen) atoms. The summed E-state index contributed by atoms with van der Waals surface area (Å²) in [6, 6.07) is -0.740. The molecular formula is C12H16ClF2NO2. The first-order valence-corrected chi connectivity index (χ1v) is 5.62. The van der Waals surface area contributed by atoms with Crippen LogP contribution in [0.4, 0.5) is 8.78 Å². The maximum absolute atomic E-state index is 13.6. The minimum atomic E-state index is -1.14. The molecule has 0 radical (unpaired) electrons. The maximum atomic E-state index is 13.6. The van der Waals surface area contributed by atoms with Crippen molar-refractivity contribution in [3.05, 3.63) is 35.4 Å². The zero-order chi connectivity index (χ0) is 14.3. The molecule has 6 heteroatoms. The van der Waals surface area contributed by atoms with Crippen molar-refractivity contribution in [3.8, 4) is 0 Å². The van der Waals surface area contributed by atoms with Gasteiger partial charge in [-0.2, -0.15) is 0 Å². The van der Waals surface area contributed by atoms with Crippen molar-refractivity contribution >= 4 is 17.9 Å². The van der Waals surface area contributed by atoms with E-state index in [1.54, 1.807) is 0 Å². The molecule has 2 unspecified atom stereocenters. The van der Waals surface area contributed by atoms with Crippen molar-refractivity contribution in [2.75, 3.05) is 6.61 Å². The molecule has 3 N–H and O–H groups in total. The predicted octanol–water partition coefficient (Wildman–Crippen LogP) is 2.22. The lowest BCUT2D eigenvalue weighted by atomic mass is 9.88. The number of rotatable bonds is 7. The number of aliphatic hydroxyl groups excluding tert-OH is 1. The highest BCUT2D eigenvalue weighted by Gasteiger charge is 2.25. The second-order valence-electron chi connectivity index (χ2n) is 3.84. The smallest absolute Gasteiger partial charge is 0.141 e. The van der Waals surface area contributed by atoms with E-state index in [4.69, 9.17) is 22.4 Å². The molecule has 3 atom stereocenters. The van der Waals surface area contributed by atoms with Gasteiger partial charge in [0.2, 0.25) is 0 Å². The van der Waals surface area contributed by atoms with Crippen LogP contribution in [-0.4, -0.2) is 24.0 Å². The van der Waals surface area contributed by atoms with Gasteiger partial charge in [-0.3, -0.25) is 0 Å². The Morgan fingerprint density at radius 1 is 1.50 bits per heavy atom. The SMILES string of the molecule is C=C(Cl)/C(F)=C\C=C(/F)C(C=O)C(C)[C@@H](N)CO. The van der Waals surface area contributed by atoms with E-state index in [-0.39, 0.29) is 11.6 Å². The quantitative estimate of drug-likeness (QED) is 0.555. The molecule has 0 saturated carbocycles. The van der Waals surface area contributed by atoms with Gasteiger partial charge in [0.05, 0.1) is 17.6 Å². The molecule has 0 aliphatic carbocycles. The summed E-state index contributed by atoms with van der Waals surface area (Å²) < 4.78 is 26.6. The van der Waals surface area contributed by atoms with Gasteiger partial charge in [0, 0.05) is 6.04 Å². The molecule has 102 valence electrons. The molecule has 3 nitrogen and oxygen atoms in total. The Morgan fingerprint density at radius 2 is 2.06 bits per heavy atom. The van der Waals surface area contributed by atoms with Gasteiger partial charge in [-0.05, 0) is 18.1 Å². The zero-order valence-electron chi connectivity index (χ0n) is 9.95. The van der Waals surface area contributed by atoms with E-state index < -0.39 is 29.5 Å². The minimum absolute atomic E-state index is 0.359. The fourth-order valence-electron chi connectivity index (χ4n) is 1.23. The number of carbonyl (C=O) groups excluding carboxylic acids is 1. The fourth-order valence-corrected chi connectivity index (χ4v) is 1.29. The van der Waals surface area contributed by atoms with Crippen LogP contribution in [0.15, 0.2) is 35.4 Å². The molecule has 0 bridgehead atoms. The molecule has 0 aliphatic heterocycles. The van der Waals surface area contributed by atoms with Crippen molar-refractivity contribution in [1.29, 1.82) is 0 Å². The number of halogens is 3. The largest absolute Gasteiger partial charge is 0.395 e. The van der Waals surface area contributed by atoms with E-state index in [2.05, 4.69) is 6.58 Å². The first-order chi connectivity index (χ1) is 8.34. The van der Waals surface area contributed by atoms with E-state index in [0.29, 0.717) is 6.29 Å². The Balaban J connectivity index is 4.97. The third-order valence-electron chi connectivity index (χ3n) is 2.57. The molecule has 0 rings (SSSR count). The summed E-state index contributed by atoms with van der Waals surface area (Å²) in [4.78, 5) is 10.8. The van der Waals surface area contributed by atoms with Gasteiger partial charge in [0.25, 0.3) is 0 Å². The van der Waals surface area contributed by atoms with Gasteiger partial charge < -0.3 is 15.6 Å². The van der Waals surface area contributed by atoms with E-state index in [1.165, 1.54) is 6.92 Å². The van der Waals surface area contributed by atoms with E-state index in [1.807, 2.05) is 0 Å². The molecule has 0 aromatic heterocycles.